The maximum absolute atomic E-state index is 9.88. The summed E-state index contributed by atoms with van der Waals surface area (Å²) in [5, 5.41) is 7.57. The lowest BCUT2D eigenvalue weighted by Crippen LogP contribution is -2.04. The number of carbonyl (C=O) groups excluding carboxylic acids is 1. The zero-order valence-electron chi connectivity index (χ0n) is 6.25. The molecule has 0 bridgehead atoms. The van der Waals surface area contributed by atoms with E-state index >= 15 is 0 Å². The molecular formula is C7H14O3. The van der Waals surface area contributed by atoms with Gasteiger partial charge in [-0.3, -0.25) is 0 Å². The van der Waals surface area contributed by atoms with E-state index in [-0.39, 0.29) is 12.7 Å². The van der Waals surface area contributed by atoms with E-state index in [1.54, 1.807) is 6.92 Å². The topological polar surface area (TPSA) is 46.5 Å². The monoisotopic (exact) mass is 146 g/mol. The van der Waals surface area contributed by atoms with E-state index in [0.29, 0.717) is 0 Å². The number of carbonyl (C=O) groups is 1. The second kappa shape index (κ2) is 6.71. The predicted molar refractivity (Wildman–Crippen MR) is 37.8 cm³/mol. The number of aldehydes is 1. The largest absolute Gasteiger partial charge is 0.397 e. The third-order valence-electron chi connectivity index (χ3n) is 1.12. The second-order valence-corrected chi connectivity index (χ2v) is 2.00. The van der Waals surface area contributed by atoms with Gasteiger partial charge in [0.15, 0.2) is 0 Å². The standard InChI is InChI=1S/C5H8O2.C2H6O/c6-4-5-2-1-3-7-5;1-2-3/h4-5H,1-3H2;3H,2H2,1H3. The summed E-state index contributed by atoms with van der Waals surface area (Å²) in [6.45, 7) is 2.70. The lowest BCUT2D eigenvalue weighted by molar-refractivity contribution is -0.115. The summed E-state index contributed by atoms with van der Waals surface area (Å²) in [7, 11) is 0. The van der Waals surface area contributed by atoms with E-state index in [0.717, 1.165) is 25.7 Å². The fraction of sp³-hybridized carbons (Fsp3) is 0.857. The van der Waals surface area contributed by atoms with E-state index in [2.05, 4.69) is 0 Å². The van der Waals surface area contributed by atoms with Gasteiger partial charge in [0.1, 0.15) is 12.4 Å². The first-order valence-corrected chi connectivity index (χ1v) is 3.52. The van der Waals surface area contributed by atoms with Crippen LogP contribution in [0.1, 0.15) is 19.8 Å². The summed E-state index contributed by atoms with van der Waals surface area (Å²) in [4.78, 5) is 9.88. The van der Waals surface area contributed by atoms with Gasteiger partial charge in [0.2, 0.25) is 0 Å². The van der Waals surface area contributed by atoms with Gasteiger partial charge >= 0.3 is 0 Å². The summed E-state index contributed by atoms with van der Waals surface area (Å²) in [5.74, 6) is 0. The van der Waals surface area contributed by atoms with Gasteiger partial charge in [-0.25, -0.2) is 0 Å². The van der Waals surface area contributed by atoms with Crippen LogP contribution in [0.25, 0.3) is 0 Å². The highest BCUT2D eigenvalue weighted by Crippen LogP contribution is 2.08. The molecule has 0 amide bonds. The zero-order chi connectivity index (χ0) is 7.82. The first kappa shape index (κ1) is 9.59. The molecule has 0 aromatic rings. The van der Waals surface area contributed by atoms with E-state index in [1.807, 2.05) is 0 Å². The summed E-state index contributed by atoms with van der Waals surface area (Å²) in [6, 6.07) is 0. The molecule has 3 heteroatoms. The van der Waals surface area contributed by atoms with Crippen molar-refractivity contribution in [2.75, 3.05) is 13.2 Å². The minimum absolute atomic E-state index is 0.0833. The van der Waals surface area contributed by atoms with Crippen molar-refractivity contribution in [3.8, 4) is 0 Å². The first-order valence-electron chi connectivity index (χ1n) is 3.52. The van der Waals surface area contributed by atoms with Crippen molar-refractivity contribution in [1.29, 1.82) is 0 Å². The van der Waals surface area contributed by atoms with Gasteiger partial charge in [0, 0.05) is 13.2 Å². The van der Waals surface area contributed by atoms with Crippen LogP contribution in [0.15, 0.2) is 0 Å². The molecule has 1 rings (SSSR count). The third-order valence-corrected chi connectivity index (χ3v) is 1.12. The van der Waals surface area contributed by atoms with Gasteiger partial charge in [0.25, 0.3) is 0 Å². The van der Waals surface area contributed by atoms with E-state index in [4.69, 9.17) is 9.84 Å². The lowest BCUT2D eigenvalue weighted by Gasteiger charge is -1.93. The van der Waals surface area contributed by atoms with Crippen LogP contribution in [0.4, 0.5) is 0 Å². The van der Waals surface area contributed by atoms with E-state index in [9.17, 15) is 4.79 Å². The number of aliphatic hydroxyl groups excluding tert-OH is 1. The van der Waals surface area contributed by atoms with Crippen LogP contribution in [0, 0.1) is 0 Å². The van der Waals surface area contributed by atoms with Crippen LogP contribution in [-0.4, -0.2) is 30.7 Å². The summed E-state index contributed by atoms with van der Waals surface area (Å²) >= 11 is 0. The maximum atomic E-state index is 9.88. The molecule has 0 aromatic carbocycles. The Bertz CT molecular complexity index is 76.9. The number of hydrogen-bond donors (Lipinski definition) is 1. The summed E-state index contributed by atoms with van der Waals surface area (Å²) in [6.07, 6.45) is 2.75. The molecule has 1 fully saturated rings. The molecule has 1 unspecified atom stereocenters. The molecule has 0 aromatic heterocycles. The van der Waals surface area contributed by atoms with Gasteiger partial charge in [-0.05, 0) is 19.8 Å². The molecule has 0 aliphatic carbocycles. The first-order chi connectivity index (χ1) is 4.85. The molecular weight excluding hydrogens is 132 g/mol. The van der Waals surface area contributed by atoms with Gasteiger partial charge in [-0.1, -0.05) is 0 Å². The van der Waals surface area contributed by atoms with Crippen LogP contribution < -0.4 is 0 Å². The summed E-state index contributed by atoms with van der Waals surface area (Å²) in [5.41, 5.74) is 0. The number of ether oxygens (including phenoxy) is 1. The van der Waals surface area contributed by atoms with Crippen LogP contribution >= 0.6 is 0 Å². The molecule has 0 radical (unpaired) electrons. The van der Waals surface area contributed by atoms with Crippen molar-refractivity contribution >= 4 is 6.29 Å². The maximum Gasteiger partial charge on any atom is 0.148 e. The Labute approximate surface area is 61.0 Å². The highest BCUT2D eigenvalue weighted by atomic mass is 16.5. The Kier molecular flexibility index (Phi) is 6.43. The van der Waals surface area contributed by atoms with E-state index < -0.39 is 0 Å². The van der Waals surface area contributed by atoms with Gasteiger partial charge in [0.05, 0.1) is 0 Å². The molecule has 1 N–H and O–H groups in total. The summed E-state index contributed by atoms with van der Waals surface area (Å²) < 4.78 is 4.93. The molecule has 1 aliphatic heterocycles. The Morgan fingerprint density at radius 1 is 1.80 bits per heavy atom. The van der Waals surface area contributed by atoms with Gasteiger partial charge in [-0.15, -0.1) is 0 Å². The van der Waals surface area contributed by atoms with Crippen LogP contribution in [0.2, 0.25) is 0 Å². The molecule has 1 aliphatic rings. The number of hydrogen-bond acceptors (Lipinski definition) is 3. The molecule has 1 atom stereocenters. The Morgan fingerprint density at radius 3 is 2.60 bits per heavy atom. The van der Waals surface area contributed by atoms with E-state index in [1.165, 1.54) is 0 Å². The number of rotatable bonds is 1. The highest BCUT2D eigenvalue weighted by molar-refractivity contribution is 5.56. The molecule has 1 heterocycles. The number of aliphatic hydroxyl groups is 1. The molecule has 1 saturated heterocycles. The molecule has 10 heavy (non-hydrogen) atoms. The zero-order valence-corrected chi connectivity index (χ0v) is 6.25. The molecule has 60 valence electrons. The quantitative estimate of drug-likeness (QED) is 0.543. The molecule has 3 nitrogen and oxygen atoms in total. The van der Waals surface area contributed by atoms with Crippen LogP contribution in [0.5, 0.6) is 0 Å². The van der Waals surface area contributed by atoms with Crippen molar-refractivity contribution in [2.24, 2.45) is 0 Å². The predicted octanol–water partition coefficient (Wildman–Crippen LogP) is 0.363. The van der Waals surface area contributed by atoms with Crippen molar-refractivity contribution < 1.29 is 14.6 Å². The fourth-order valence-corrected chi connectivity index (χ4v) is 0.710. The van der Waals surface area contributed by atoms with Crippen molar-refractivity contribution in [3.05, 3.63) is 0 Å². The SMILES string of the molecule is CCO.O=CC1CCCO1. The average Bonchev–Trinajstić information content (AvgIpc) is 2.39. The molecule has 0 spiro atoms. The Hall–Kier alpha value is -0.410. The highest BCUT2D eigenvalue weighted by Gasteiger charge is 2.12. The lowest BCUT2D eigenvalue weighted by atomic mass is 10.3. The molecule has 0 saturated carbocycles. The minimum atomic E-state index is -0.0833. The fourth-order valence-electron chi connectivity index (χ4n) is 0.710. The van der Waals surface area contributed by atoms with Crippen molar-refractivity contribution in [2.45, 2.75) is 25.9 Å². The van der Waals surface area contributed by atoms with Crippen LogP contribution in [-0.2, 0) is 9.53 Å². The van der Waals surface area contributed by atoms with Crippen LogP contribution in [0.3, 0.4) is 0 Å². The smallest absolute Gasteiger partial charge is 0.148 e. The minimum Gasteiger partial charge on any atom is -0.397 e. The Balaban J connectivity index is 0.000000236. The second-order valence-electron chi connectivity index (χ2n) is 2.00. The Morgan fingerprint density at radius 2 is 2.40 bits per heavy atom. The third kappa shape index (κ3) is 4.47. The normalized spacial score (nSPS) is 23.2. The van der Waals surface area contributed by atoms with Crippen molar-refractivity contribution in [3.63, 3.8) is 0 Å². The average molecular weight is 146 g/mol. The van der Waals surface area contributed by atoms with Gasteiger partial charge < -0.3 is 14.6 Å². The van der Waals surface area contributed by atoms with Gasteiger partial charge in [-0.2, -0.15) is 0 Å². The van der Waals surface area contributed by atoms with Crippen molar-refractivity contribution in [1.82, 2.24) is 0 Å².